The fourth-order valence-corrected chi connectivity index (χ4v) is 3.24. The lowest BCUT2D eigenvalue weighted by atomic mass is 10.1. The molecule has 0 saturated heterocycles. The van der Waals surface area contributed by atoms with E-state index in [9.17, 15) is 4.79 Å². The van der Waals surface area contributed by atoms with Crippen LogP contribution in [0.3, 0.4) is 0 Å². The van der Waals surface area contributed by atoms with Gasteiger partial charge in [-0.3, -0.25) is 14.3 Å². The van der Waals surface area contributed by atoms with Gasteiger partial charge in [0.15, 0.2) is 0 Å². The van der Waals surface area contributed by atoms with Gasteiger partial charge in [-0.05, 0) is 37.1 Å². The zero-order valence-corrected chi connectivity index (χ0v) is 13.2. The van der Waals surface area contributed by atoms with Gasteiger partial charge >= 0.3 is 0 Å². The second kappa shape index (κ2) is 5.89. The minimum atomic E-state index is 0.0437. The molecule has 3 aromatic rings. The smallest absolute Gasteiger partial charge is 0.261 e. The summed E-state index contributed by atoms with van der Waals surface area (Å²) in [5.41, 5.74) is 2.89. The van der Waals surface area contributed by atoms with Crippen LogP contribution in [-0.4, -0.2) is 14.5 Å². The molecule has 0 spiro atoms. The Balaban J connectivity index is 1.89. The number of benzene rings is 1. The molecule has 4 rings (SSSR count). The van der Waals surface area contributed by atoms with Crippen molar-refractivity contribution in [3.63, 3.8) is 0 Å². The maximum absolute atomic E-state index is 12.7. The van der Waals surface area contributed by atoms with Crippen molar-refractivity contribution in [1.82, 2.24) is 14.5 Å². The van der Waals surface area contributed by atoms with E-state index in [2.05, 4.69) is 11.1 Å². The second-order valence-electron chi connectivity index (χ2n) is 6.07. The van der Waals surface area contributed by atoms with Crippen molar-refractivity contribution in [2.24, 2.45) is 0 Å². The van der Waals surface area contributed by atoms with Crippen LogP contribution < -0.4 is 5.56 Å². The Bertz CT molecular complexity index is 1030. The van der Waals surface area contributed by atoms with Crippen molar-refractivity contribution in [3.8, 4) is 17.3 Å². The van der Waals surface area contributed by atoms with Gasteiger partial charge in [-0.15, -0.1) is 0 Å². The third kappa shape index (κ3) is 2.46. The number of aryl methyl sites for hydroxylation is 1. The first-order chi connectivity index (χ1) is 11.8. The molecule has 0 amide bonds. The first-order valence-corrected chi connectivity index (χ1v) is 8.16. The molecule has 0 atom stereocenters. The van der Waals surface area contributed by atoms with Gasteiger partial charge in [-0.2, -0.15) is 5.26 Å². The van der Waals surface area contributed by atoms with E-state index in [4.69, 9.17) is 10.2 Å². The molecule has 0 unspecified atom stereocenters. The minimum absolute atomic E-state index is 0.0437. The van der Waals surface area contributed by atoms with E-state index in [0.717, 1.165) is 43.6 Å². The molecule has 0 bridgehead atoms. The third-order valence-corrected chi connectivity index (χ3v) is 4.50. The van der Waals surface area contributed by atoms with E-state index in [-0.39, 0.29) is 5.56 Å². The number of nitrogens with zero attached hydrogens (tertiary/aromatic N) is 4. The lowest BCUT2D eigenvalue weighted by Gasteiger charge is -2.11. The van der Waals surface area contributed by atoms with E-state index in [1.807, 2.05) is 22.8 Å². The van der Waals surface area contributed by atoms with Crippen LogP contribution >= 0.6 is 0 Å². The lowest BCUT2D eigenvalue weighted by molar-refractivity contribution is 0.614. The van der Waals surface area contributed by atoms with Crippen LogP contribution in [-0.2, 0) is 13.0 Å². The summed E-state index contributed by atoms with van der Waals surface area (Å²) in [5, 5.41) is 9.68. The molecule has 24 heavy (non-hydrogen) atoms. The van der Waals surface area contributed by atoms with Crippen molar-refractivity contribution < 1.29 is 0 Å². The molecule has 2 aromatic heterocycles. The minimum Gasteiger partial charge on any atom is -0.296 e. The highest BCUT2D eigenvalue weighted by molar-refractivity contribution is 5.83. The predicted octanol–water partition coefficient (Wildman–Crippen LogP) is 3.06. The van der Waals surface area contributed by atoms with Crippen LogP contribution in [0.4, 0.5) is 0 Å². The monoisotopic (exact) mass is 316 g/mol. The normalized spacial score (nSPS) is 14.0. The van der Waals surface area contributed by atoms with Crippen LogP contribution in [0.5, 0.6) is 0 Å². The Morgan fingerprint density at radius 3 is 2.92 bits per heavy atom. The van der Waals surface area contributed by atoms with Crippen molar-refractivity contribution in [2.45, 2.75) is 32.2 Å². The topological polar surface area (TPSA) is 71.6 Å². The standard InChI is InChI=1S/C19H16N4O/c20-12-13-7-8-21-16(10-13)14-5-6-15-17(11-14)22-18-4-2-1-3-9-23(18)19(15)24/h5-8,10-11H,1-4,9H2. The van der Waals surface area contributed by atoms with Crippen molar-refractivity contribution >= 4 is 10.9 Å². The highest BCUT2D eigenvalue weighted by Crippen LogP contribution is 2.22. The number of hydrogen-bond donors (Lipinski definition) is 0. The van der Waals surface area contributed by atoms with Crippen LogP contribution in [0.1, 0.15) is 30.7 Å². The summed E-state index contributed by atoms with van der Waals surface area (Å²) < 4.78 is 1.82. The molecule has 0 saturated carbocycles. The molecular weight excluding hydrogens is 300 g/mol. The van der Waals surface area contributed by atoms with E-state index >= 15 is 0 Å². The first kappa shape index (κ1) is 14.6. The summed E-state index contributed by atoms with van der Waals surface area (Å²) in [6.07, 6.45) is 5.71. The molecule has 0 N–H and O–H groups in total. The zero-order valence-electron chi connectivity index (χ0n) is 13.2. The lowest BCUT2D eigenvalue weighted by Crippen LogP contribution is -2.24. The molecule has 0 radical (unpaired) electrons. The fraction of sp³-hybridized carbons (Fsp3) is 0.263. The van der Waals surface area contributed by atoms with Crippen molar-refractivity contribution in [2.75, 3.05) is 0 Å². The Kier molecular flexibility index (Phi) is 3.58. The van der Waals surface area contributed by atoms with Crippen LogP contribution in [0, 0.1) is 11.3 Å². The molecule has 5 heteroatoms. The molecule has 5 nitrogen and oxygen atoms in total. The molecule has 3 heterocycles. The number of fused-ring (bicyclic) bond motifs is 2. The molecule has 118 valence electrons. The highest BCUT2D eigenvalue weighted by atomic mass is 16.1. The molecule has 1 aliphatic heterocycles. The Morgan fingerprint density at radius 2 is 2.04 bits per heavy atom. The number of rotatable bonds is 1. The van der Waals surface area contributed by atoms with Gasteiger partial charge in [-0.1, -0.05) is 12.5 Å². The SMILES string of the molecule is N#Cc1ccnc(-c2ccc3c(=O)n4c(nc3c2)CCCCC4)c1. The number of aromatic nitrogens is 3. The highest BCUT2D eigenvalue weighted by Gasteiger charge is 2.14. The van der Waals surface area contributed by atoms with Crippen LogP contribution in [0.2, 0.25) is 0 Å². The van der Waals surface area contributed by atoms with E-state index in [1.54, 1.807) is 18.3 Å². The van der Waals surface area contributed by atoms with Gasteiger partial charge in [0.25, 0.3) is 5.56 Å². The third-order valence-electron chi connectivity index (χ3n) is 4.50. The summed E-state index contributed by atoms with van der Waals surface area (Å²) in [7, 11) is 0. The van der Waals surface area contributed by atoms with Gasteiger partial charge in [0.05, 0.1) is 28.2 Å². The Morgan fingerprint density at radius 1 is 1.12 bits per heavy atom. The Labute approximate surface area is 139 Å². The average Bonchev–Trinajstić information content (AvgIpc) is 2.87. The molecular formula is C19H16N4O. The maximum atomic E-state index is 12.7. The summed E-state index contributed by atoms with van der Waals surface area (Å²) >= 11 is 0. The predicted molar refractivity (Wildman–Crippen MR) is 91.5 cm³/mol. The summed E-state index contributed by atoms with van der Waals surface area (Å²) in [6.45, 7) is 0.755. The fourth-order valence-electron chi connectivity index (χ4n) is 3.24. The average molecular weight is 316 g/mol. The summed E-state index contributed by atoms with van der Waals surface area (Å²) in [5.74, 6) is 0.876. The van der Waals surface area contributed by atoms with Crippen molar-refractivity contribution in [3.05, 3.63) is 58.3 Å². The van der Waals surface area contributed by atoms with Crippen LogP contribution in [0.15, 0.2) is 41.3 Å². The van der Waals surface area contributed by atoms with Gasteiger partial charge < -0.3 is 0 Å². The number of pyridine rings is 1. The molecule has 1 aromatic carbocycles. The number of hydrogen-bond acceptors (Lipinski definition) is 4. The van der Waals surface area contributed by atoms with Gasteiger partial charge in [0, 0.05) is 24.7 Å². The maximum Gasteiger partial charge on any atom is 0.261 e. The first-order valence-electron chi connectivity index (χ1n) is 8.16. The second-order valence-corrected chi connectivity index (χ2v) is 6.07. The van der Waals surface area contributed by atoms with Gasteiger partial charge in [0.2, 0.25) is 0 Å². The molecule has 1 aliphatic rings. The van der Waals surface area contributed by atoms with E-state index in [1.165, 1.54) is 0 Å². The molecule has 0 fully saturated rings. The van der Waals surface area contributed by atoms with E-state index in [0.29, 0.717) is 22.2 Å². The van der Waals surface area contributed by atoms with Crippen molar-refractivity contribution in [1.29, 1.82) is 5.26 Å². The largest absolute Gasteiger partial charge is 0.296 e. The van der Waals surface area contributed by atoms with Crippen LogP contribution in [0.25, 0.3) is 22.2 Å². The zero-order chi connectivity index (χ0) is 16.5. The quantitative estimate of drug-likeness (QED) is 0.691. The summed E-state index contributed by atoms with van der Waals surface area (Å²) in [4.78, 5) is 21.8. The van der Waals surface area contributed by atoms with E-state index < -0.39 is 0 Å². The van der Waals surface area contributed by atoms with Gasteiger partial charge in [0.1, 0.15) is 5.82 Å². The summed E-state index contributed by atoms with van der Waals surface area (Å²) in [6, 6.07) is 11.1. The van der Waals surface area contributed by atoms with Gasteiger partial charge in [-0.25, -0.2) is 4.98 Å². The molecule has 0 aliphatic carbocycles. The number of nitriles is 1. The Hall–Kier alpha value is -3.00.